The van der Waals surface area contributed by atoms with E-state index in [1.807, 2.05) is 24.3 Å². The normalized spacial score (nSPS) is 12.2. The maximum atomic E-state index is 12.0. The molecule has 0 aromatic heterocycles. The van der Waals surface area contributed by atoms with Gasteiger partial charge in [-0.3, -0.25) is 4.79 Å². The summed E-state index contributed by atoms with van der Waals surface area (Å²) in [5.74, 6) is 1.49. The number of rotatable bonds is 10. The zero-order valence-corrected chi connectivity index (χ0v) is 14.1. The average molecular weight is 306 g/mol. The van der Waals surface area contributed by atoms with Crippen LogP contribution in [0.4, 0.5) is 0 Å². The van der Waals surface area contributed by atoms with E-state index in [0.29, 0.717) is 18.9 Å². The number of amides is 1. The van der Waals surface area contributed by atoms with Gasteiger partial charge in [-0.05, 0) is 42.9 Å². The van der Waals surface area contributed by atoms with Crippen LogP contribution in [-0.4, -0.2) is 25.1 Å². The molecule has 0 aliphatic carbocycles. The van der Waals surface area contributed by atoms with E-state index in [0.717, 1.165) is 37.2 Å². The largest absolute Gasteiger partial charge is 0.494 e. The molecular formula is C18H30N2O2. The van der Waals surface area contributed by atoms with Crippen LogP contribution in [-0.2, 0) is 11.2 Å². The smallest absolute Gasteiger partial charge is 0.220 e. The summed E-state index contributed by atoms with van der Waals surface area (Å²) in [7, 11) is 0. The predicted octanol–water partition coefficient (Wildman–Crippen LogP) is 2.90. The number of benzene rings is 1. The molecule has 1 atom stereocenters. The van der Waals surface area contributed by atoms with Gasteiger partial charge in [0.1, 0.15) is 5.75 Å². The lowest BCUT2D eigenvalue weighted by Crippen LogP contribution is -2.41. The van der Waals surface area contributed by atoms with E-state index in [1.54, 1.807) is 0 Å². The van der Waals surface area contributed by atoms with E-state index < -0.39 is 0 Å². The fourth-order valence-electron chi connectivity index (χ4n) is 2.31. The van der Waals surface area contributed by atoms with Gasteiger partial charge in [-0.15, -0.1) is 0 Å². The highest BCUT2D eigenvalue weighted by Crippen LogP contribution is 2.13. The minimum atomic E-state index is 0.0717. The van der Waals surface area contributed by atoms with Crippen molar-refractivity contribution in [3.05, 3.63) is 29.8 Å². The molecule has 0 aliphatic heterocycles. The molecule has 0 saturated carbocycles. The molecule has 0 bridgehead atoms. The van der Waals surface area contributed by atoms with Crippen LogP contribution >= 0.6 is 0 Å². The summed E-state index contributed by atoms with van der Waals surface area (Å²) in [6.45, 7) is 7.58. The molecule has 0 heterocycles. The number of nitrogens with two attached hydrogens (primary N) is 1. The van der Waals surface area contributed by atoms with Gasteiger partial charge in [-0.2, -0.15) is 0 Å². The van der Waals surface area contributed by atoms with Crippen molar-refractivity contribution >= 4 is 5.91 Å². The first-order valence-corrected chi connectivity index (χ1v) is 8.26. The van der Waals surface area contributed by atoms with Crippen LogP contribution in [0.2, 0.25) is 0 Å². The second kappa shape index (κ2) is 10.2. The van der Waals surface area contributed by atoms with Gasteiger partial charge in [-0.1, -0.05) is 32.9 Å². The number of ether oxygens (including phenoxy) is 1. The monoisotopic (exact) mass is 306 g/mol. The first-order chi connectivity index (χ1) is 10.5. The Bertz CT molecular complexity index is 429. The molecule has 0 saturated heterocycles. The lowest BCUT2D eigenvalue weighted by atomic mass is 10.0. The molecule has 1 rings (SSSR count). The summed E-state index contributed by atoms with van der Waals surface area (Å²) >= 11 is 0. The molecular weight excluding hydrogens is 276 g/mol. The van der Waals surface area contributed by atoms with E-state index in [4.69, 9.17) is 10.5 Å². The van der Waals surface area contributed by atoms with E-state index in [9.17, 15) is 4.79 Å². The van der Waals surface area contributed by atoms with E-state index in [1.165, 1.54) is 0 Å². The summed E-state index contributed by atoms with van der Waals surface area (Å²) < 4.78 is 5.55. The lowest BCUT2D eigenvalue weighted by molar-refractivity contribution is -0.121. The standard InChI is InChI=1S/C18H30N2O2/c1-4-11-22-17-8-5-15(6-9-17)7-10-18(21)20-16(13-19)12-14(2)3/h5-6,8-9,14,16H,4,7,10-13,19H2,1-3H3,(H,20,21). The molecule has 4 nitrogen and oxygen atoms in total. The highest BCUT2D eigenvalue weighted by molar-refractivity contribution is 5.76. The van der Waals surface area contributed by atoms with E-state index in [2.05, 4.69) is 26.1 Å². The van der Waals surface area contributed by atoms with Crippen molar-refractivity contribution in [2.75, 3.05) is 13.2 Å². The molecule has 0 spiro atoms. The highest BCUT2D eigenvalue weighted by Gasteiger charge is 2.12. The maximum absolute atomic E-state index is 12.0. The van der Waals surface area contributed by atoms with Crippen molar-refractivity contribution in [3.8, 4) is 5.75 Å². The van der Waals surface area contributed by atoms with Gasteiger partial charge in [0.25, 0.3) is 0 Å². The number of hydrogen-bond donors (Lipinski definition) is 2. The SMILES string of the molecule is CCCOc1ccc(CCC(=O)NC(CN)CC(C)C)cc1. The molecule has 0 radical (unpaired) electrons. The molecule has 0 aliphatic rings. The Labute approximate surface area is 134 Å². The van der Waals surface area contributed by atoms with Crippen LogP contribution in [0, 0.1) is 5.92 Å². The predicted molar refractivity (Wildman–Crippen MR) is 91.0 cm³/mol. The Morgan fingerprint density at radius 2 is 1.95 bits per heavy atom. The number of carbonyl (C=O) groups is 1. The van der Waals surface area contributed by atoms with Gasteiger partial charge in [-0.25, -0.2) is 0 Å². The number of aryl methyl sites for hydroxylation is 1. The molecule has 22 heavy (non-hydrogen) atoms. The van der Waals surface area contributed by atoms with Gasteiger partial charge < -0.3 is 15.8 Å². The second-order valence-electron chi connectivity index (χ2n) is 6.12. The van der Waals surface area contributed by atoms with Gasteiger partial charge in [0.15, 0.2) is 0 Å². The summed E-state index contributed by atoms with van der Waals surface area (Å²) in [6, 6.07) is 8.05. The van der Waals surface area contributed by atoms with Crippen molar-refractivity contribution in [1.29, 1.82) is 0 Å². The van der Waals surface area contributed by atoms with E-state index >= 15 is 0 Å². The third-order valence-corrected chi connectivity index (χ3v) is 3.44. The van der Waals surface area contributed by atoms with Crippen LogP contribution in [0.15, 0.2) is 24.3 Å². The van der Waals surface area contributed by atoms with Crippen LogP contribution < -0.4 is 15.8 Å². The summed E-state index contributed by atoms with van der Waals surface area (Å²) in [6.07, 6.45) is 3.15. The molecule has 1 amide bonds. The Morgan fingerprint density at radius 1 is 1.27 bits per heavy atom. The Hall–Kier alpha value is -1.55. The zero-order valence-electron chi connectivity index (χ0n) is 14.1. The van der Waals surface area contributed by atoms with Gasteiger partial charge in [0.2, 0.25) is 5.91 Å². The average Bonchev–Trinajstić information content (AvgIpc) is 2.50. The Balaban J connectivity index is 2.36. The molecule has 3 N–H and O–H groups in total. The Morgan fingerprint density at radius 3 is 2.50 bits per heavy atom. The van der Waals surface area contributed by atoms with Gasteiger partial charge in [0, 0.05) is 19.0 Å². The Kier molecular flexibility index (Phi) is 8.60. The second-order valence-corrected chi connectivity index (χ2v) is 6.12. The minimum absolute atomic E-state index is 0.0717. The van der Waals surface area contributed by atoms with Crippen molar-refractivity contribution in [2.24, 2.45) is 11.7 Å². The molecule has 4 heteroatoms. The third kappa shape index (κ3) is 7.46. The van der Waals surface area contributed by atoms with Crippen LogP contribution in [0.25, 0.3) is 0 Å². The topological polar surface area (TPSA) is 64.3 Å². The fraction of sp³-hybridized carbons (Fsp3) is 0.611. The molecule has 1 aromatic carbocycles. The molecule has 124 valence electrons. The highest BCUT2D eigenvalue weighted by atomic mass is 16.5. The summed E-state index contributed by atoms with van der Waals surface area (Å²) in [5, 5.41) is 3.02. The first kappa shape index (κ1) is 18.5. The van der Waals surface area contributed by atoms with Crippen molar-refractivity contribution in [2.45, 2.75) is 52.5 Å². The lowest BCUT2D eigenvalue weighted by Gasteiger charge is -2.18. The van der Waals surface area contributed by atoms with Crippen LogP contribution in [0.3, 0.4) is 0 Å². The van der Waals surface area contributed by atoms with Gasteiger partial charge >= 0.3 is 0 Å². The number of hydrogen-bond acceptors (Lipinski definition) is 3. The maximum Gasteiger partial charge on any atom is 0.220 e. The molecule has 0 fully saturated rings. The molecule has 1 aromatic rings. The quantitative estimate of drug-likeness (QED) is 0.698. The van der Waals surface area contributed by atoms with Crippen LogP contribution in [0.5, 0.6) is 5.75 Å². The van der Waals surface area contributed by atoms with Crippen molar-refractivity contribution in [3.63, 3.8) is 0 Å². The fourth-order valence-corrected chi connectivity index (χ4v) is 2.31. The number of carbonyl (C=O) groups excluding carboxylic acids is 1. The van der Waals surface area contributed by atoms with Crippen molar-refractivity contribution < 1.29 is 9.53 Å². The molecule has 1 unspecified atom stereocenters. The summed E-state index contributed by atoms with van der Waals surface area (Å²) in [4.78, 5) is 12.0. The van der Waals surface area contributed by atoms with Crippen LogP contribution in [0.1, 0.15) is 45.6 Å². The third-order valence-electron chi connectivity index (χ3n) is 3.44. The first-order valence-electron chi connectivity index (χ1n) is 8.26. The zero-order chi connectivity index (χ0) is 16.4. The van der Waals surface area contributed by atoms with E-state index in [-0.39, 0.29) is 11.9 Å². The minimum Gasteiger partial charge on any atom is -0.494 e. The summed E-state index contributed by atoms with van der Waals surface area (Å²) in [5.41, 5.74) is 6.85. The van der Waals surface area contributed by atoms with Crippen molar-refractivity contribution in [1.82, 2.24) is 5.32 Å². The number of nitrogens with one attached hydrogen (secondary N) is 1. The van der Waals surface area contributed by atoms with Gasteiger partial charge in [0.05, 0.1) is 6.61 Å².